The van der Waals surface area contributed by atoms with E-state index in [9.17, 15) is 4.79 Å². The molecule has 0 fully saturated rings. The number of rotatable bonds is 8. The average Bonchev–Trinajstić information content (AvgIpc) is 3.22. The molecule has 2 aromatic carbocycles. The van der Waals surface area contributed by atoms with Gasteiger partial charge in [0.1, 0.15) is 12.1 Å². The van der Waals surface area contributed by atoms with E-state index in [2.05, 4.69) is 20.5 Å². The number of benzene rings is 2. The molecule has 178 valence electrons. The number of nitrogens with one attached hydrogen (secondary N) is 1. The first-order valence-electron chi connectivity index (χ1n) is 10.8. The van der Waals surface area contributed by atoms with Gasteiger partial charge in [-0.25, -0.2) is 4.98 Å². The number of nitrogens with zero attached hydrogens (tertiary/aromatic N) is 4. The molecule has 0 radical (unpaired) electrons. The van der Waals surface area contributed by atoms with Gasteiger partial charge in [0.25, 0.3) is 0 Å². The summed E-state index contributed by atoms with van der Waals surface area (Å²) in [5.41, 5.74) is 3.39. The minimum absolute atomic E-state index is 0.264. The SMILES string of the molecule is COc1ccc(/C=C/C(=O)Nc2ccc(Oc3ccc(-n4cnc(C)c4C)nn3)cc2)cc1OC. The van der Waals surface area contributed by atoms with Crippen molar-refractivity contribution in [2.45, 2.75) is 13.8 Å². The van der Waals surface area contributed by atoms with Crippen LogP contribution in [0.1, 0.15) is 17.0 Å². The van der Waals surface area contributed by atoms with Crippen molar-refractivity contribution in [1.29, 1.82) is 0 Å². The Hall–Kier alpha value is -4.66. The highest BCUT2D eigenvalue weighted by Gasteiger charge is 2.08. The first-order valence-corrected chi connectivity index (χ1v) is 10.8. The van der Waals surface area contributed by atoms with Crippen LogP contribution in [0, 0.1) is 13.8 Å². The standard InChI is InChI=1S/C26H25N5O4/c1-17-18(2)31(16-27-17)24-12-14-26(30-29-24)35-21-9-7-20(8-10-21)28-25(32)13-6-19-5-11-22(33-3)23(15-19)34-4/h5-16H,1-4H3,(H,28,32)/b13-6+. The summed E-state index contributed by atoms with van der Waals surface area (Å²) < 4.78 is 18.1. The van der Waals surface area contributed by atoms with E-state index in [4.69, 9.17) is 14.2 Å². The third kappa shape index (κ3) is 5.64. The molecule has 2 aromatic heterocycles. The molecule has 1 amide bonds. The average molecular weight is 472 g/mol. The molecule has 2 heterocycles. The Morgan fingerprint density at radius 3 is 2.34 bits per heavy atom. The Kier molecular flexibility index (Phi) is 7.06. The van der Waals surface area contributed by atoms with Gasteiger partial charge >= 0.3 is 0 Å². The summed E-state index contributed by atoms with van der Waals surface area (Å²) >= 11 is 0. The van der Waals surface area contributed by atoms with Crippen molar-refractivity contribution < 1.29 is 19.0 Å². The smallest absolute Gasteiger partial charge is 0.248 e. The number of ether oxygens (including phenoxy) is 3. The molecule has 0 spiro atoms. The normalized spacial score (nSPS) is 10.9. The van der Waals surface area contributed by atoms with Crippen molar-refractivity contribution in [3.63, 3.8) is 0 Å². The van der Waals surface area contributed by atoms with Crippen molar-refractivity contribution in [3.05, 3.63) is 84.0 Å². The predicted molar refractivity (Wildman–Crippen MR) is 132 cm³/mol. The molecule has 0 unspecified atom stereocenters. The molecule has 0 aliphatic heterocycles. The highest BCUT2D eigenvalue weighted by Crippen LogP contribution is 2.28. The fourth-order valence-corrected chi connectivity index (χ4v) is 3.26. The van der Waals surface area contributed by atoms with E-state index in [0.29, 0.717) is 34.6 Å². The molecule has 9 heteroatoms. The third-order valence-electron chi connectivity index (χ3n) is 5.30. The van der Waals surface area contributed by atoms with E-state index in [-0.39, 0.29) is 5.91 Å². The molecule has 0 aliphatic carbocycles. The summed E-state index contributed by atoms with van der Waals surface area (Å²) in [5.74, 6) is 2.55. The van der Waals surface area contributed by atoms with E-state index in [0.717, 1.165) is 17.0 Å². The number of anilines is 1. The number of amides is 1. The van der Waals surface area contributed by atoms with Crippen molar-refractivity contribution in [1.82, 2.24) is 19.7 Å². The first-order chi connectivity index (χ1) is 17.0. The minimum Gasteiger partial charge on any atom is -0.493 e. The van der Waals surface area contributed by atoms with Gasteiger partial charge < -0.3 is 19.5 Å². The van der Waals surface area contributed by atoms with E-state index < -0.39 is 0 Å². The van der Waals surface area contributed by atoms with Crippen molar-refractivity contribution in [2.75, 3.05) is 19.5 Å². The number of aryl methyl sites for hydroxylation is 1. The van der Waals surface area contributed by atoms with Crippen LogP contribution in [-0.4, -0.2) is 39.9 Å². The van der Waals surface area contributed by atoms with E-state index in [1.165, 1.54) is 6.08 Å². The molecule has 0 saturated heterocycles. The summed E-state index contributed by atoms with van der Waals surface area (Å²) in [6, 6.07) is 16.0. The highest BCUT2D eigenvalue weighted by molar-refractivity contribution is 6.02. The number of carbonyl (C=O) groups is 1. The fraction of sp³-hybridized carbons (Fsp3) is 0.154. The quantitative estimate of drug-likeness (QED) is 0.371. The van der Waals surface area contributed by atoms with Crippen molar-refractivity contribution in [3.8, 4) is 28.9 Å². The van der Waals surface area contributed by atoms with Gasteiger partial charge in [-0.15, -0.1) is 10.2 Å². The van der Waals surface area contributed by atoms with Crippen LogP contribution in [0.5, 0.6) is 23.1 Å². The summed E-state index contributed by atoms with van der Waals surface area (Å²) in [7, 11) is 3.14. The van der Waals surface area contributed by atoms with Crippen LogP contribution in [0.4, 0.5) is 5.69 Å². The lowest BCUT2D eigenvalue weighted by Gasteiger charge is -2.08. The fourth-order valence-electron chi connectivity index (χ4n) is 3.26. The largest absolute Gasteiger partial charge is 0.493 e. The molecule has 9 nitrogen and oxygen atoms in total. The first kappa shape index (κ1) is 23.5. The van der Waals surface area contributed by atoms with E-state index >= 15 is 0 Å². The predicted octanol–water partition coefficient (Wildman–Crippen LogP) is 4.74. The van der Waals surface area contributed by atoms with Crippen molar-refractivity contribution >= 4 is 17.7 Å². The van der Waals surface area contributed by atoms with Crippen LogP contribution in [0.3, 0.4) is 0 Å². The second kappa shape index (κ2) is 10.5. The van der Waals surface area contributed by atoms with Gasteiger partial charge in [0.15, 0.2) is 17.3 Å². The third-order valence-corrected chi connectivity index (χ3v) is 5.30. The maximum Gasteiger partial charge on any atom is 0.248 e. The maximum absolute atomic E-state index is 12.3. The molecule has 0 aliphatic rings. The van der Waals surface area contributed by atoms with Gasteiger partial charge in [-0.1, -0.05) is 6.07 Å². The van der Waals surface area contributed by atoms with Gasteiger partial charge in [0, 0.05) is 23.5 Å². The van der Waals surface area contributed by atoms with Gasteiger partial charge in [-0.05, 0) is 68.0 Å². The zero-order chi connectivity index (χ0) is 24.8. The summed E-state index contributed by atoms with van der Waals surface area (Å²) in [5, 5.41) is 11.2. The van der Waals surface area contributed by atoms with Crippen LogP contribution in [0.15, 0.2) is 67.0 Å². The molecule has 4 aromatic rings. The molecule has 4 rings (SSSR count). The summed E-state index contributed by atoms with van der Waals surface area (Å²) in [4.78, 5) is 16.6. The monoisotopic (exact) mass is 471 g/mol. The number of carbonyl (C=O) groups excluding carboxylic acids is 1. The highest BCUT2D eigenvalue weighted by atomic mass is 16.5. The second-order valence-electron chi connectivity index (χ2n) is 7.58. The number of hydrogen-bond acceptors (Lipinski definition) is 7. The summed E-state index contributed by atoms with van der Waals surface area (Å²) in [6.45, 7) is 3.91. The number of aromatic nitrogens is 4. The van der Waals surface area contributed by atoms with Crippen LogP contribution < -0.4 is 19.5 Å². The second-order valence-corrected chi connectivity index (χ2v) is 7.58. The van der Waals surface area contributed by atoms with Gasteiger partial charge in [-0.3, -0.25) is 9.36 Å². The Balaban J connectivity index is 1.34. The molecule has 0 bridgehead atoms. The molecule has 0 saturated carbocycles. The molecular formula is C26H25N5O4. The maximum atomic E-state index is 12.3. The molecule has 35 heavy (non-hydrogen) atoms. The van der Waals surface area contributed by atoms with Gasteiger partial charge in [0.05, 0.1) is 19.9 Å². The Morgan fingerprint density at radius 1 is 0.943 bits per heavy atom. The Bertz CT molecular complexity index is 1350. The van der Waals surface area contributed by atoms with Gasteiger partial charge in [0.2, 0.25) is 11.8 Å². The van der Waals surface area contributed by atoms with Crippen molar-refractivity contribution in [2.24, 2.45) is 0 Å². The zero-order valence-electron chi connectivity index (χ0n) is 19.9. The Morgan fingerprint density at radius 2 is 1.71 bits per heavy atom. The summed E-state index contributed by atoms with van der Waals surface area (Å²) in [6.07, 6.45) is 4.86. The number of hydrogen-bond donors (Lipinski definition) is 1. The molecular weight excluding hydrogens is 446 g/mol. The minimum atomic E-state index is -0.264. The Labute approximate surface area is 203 Å². The lowest BCUT2D eigenvalue weighted by atomic mass is 10.2. The van der Waals surface area contributed by atoms with E-state index in [1.54, 1.807) is 69.1 Å². The number of methoxy groups -OCH3 is 2. The van der Waals surface area contributed by atoms with E-state index in [1.807, 2.05) is 30.5 Å². The topological polar surface area (TPSA) is 100 Å². The molecule has 1 N–H and O–H groups in total. The lowest BCUT2D eigenvalue weighted by molar-refractivity contribution is -0.111. The van der Waals surface area contributed by atoms with Crippen LogP contribution in [-0.2, 0) is 4.79 Å². The van der Waals surface area contributed by atoms with Gasteiger partial charge in [-0.2, -0.15) is 0 Å². The lowest BCUT2D eigenvalue weighted by Crippen LogP contribution is -2.07. The van der Waals surface area contributed by atoms with Crippen LogP contribution in [0.25, 0.3) is 11.9 Å². The van der Waals surface area contributed by atoms with Crippen LogP contribution in [0.2, 0.25) is 0 Å². The molecule has 0 atom stereocenters. The van der Waals surface area contributed by atoms with Crippen LogP contribution >= 0.6 is 0 Å². The number of imidazole rings is 1. The zero-order valence-corrected chi connectivity index (χ0v) is 19.9.